The van der Waals surface area contributed by atoms with Gasteiger partial charge in [0.05, 0.1) is 19.5 Å². The Hall–Kier alpha value is -2.01. The fourth-order valence-corrected chi connectivity index (χ4v) is 0.611. The van der Waals surface area contributed by atoms with E-state index in [0.29, 0.717) is 5.76 Å². The van der Waals surface area contributed by atoms with E-state index in [0.717, 1.165) is 0 Å². The van der Waals surface area contributed by atoms with Crippen LogP contribution in [-0.2, 0) is 4.74 Å². The highest BCUT2D eigenvalue weighted by molar-refractivity contribution is 5.77. The van der Waals surface area contributed by atoms with Crippen molar-refractivity contribution in [3.63, 3.8) is 0 Å². The average molecular weight is 277 g/mol. The Labute approximate surface area is 126 Å². The Morgan fingerprint density at radius 1 is 1.05 bits per heavy atom. The molecule has 0 aliphatic heterocycles. The van der Waals surface area contributed by atoms with Crippen LogP contribution in [0.3, 0.4) is 0 Å². The Morgan fingerprint density at radius 3 is 2.00 bits per heavy atom. The number of rotatable bonds is 5. The van der Waals surface area contributed by atoms with Gasteiger partial charge >= 0.3 is 0 Å². The van der Waals surface area contributed by atoms with E-state index in [1.54, 1.807) is 19.3 Å². The van der Waals surface area contributed by atoms with Crippen molar-refractivity contribution >= 4 is 6.21 Å². The first-order valence-electron chi connectivity index (χ1n) is 7.03. The molecule has 0 radical (unpaired) electrons. The van der Waals surface area contributed by atoms with Gasteiger partial charge in [-0.15, -0.1) is 6.42 Å². The zero-order chi connectivity index (χ0) is 16.6. The summed E-state index contributed by atoms with van der Waals surface area (Å²) in [5.74, 6) is 2.91. The minimum atomic E-state index is 0.630. The molecule has 0 rings (SSSR count). The molecule has 0 saturated heterocycles. The zero-order valence-electron chi connectivity index (χ0n) is 14.2. The SMILES string of the molecule is C#CC=N/C=C(/C=C/C=C\C=C)OC.CC.CC.CC. The van der Waals surface area contributed by atoms with Gasteiger partial charge in [-0.25, -0.2) is 0 Å². The molecule has 2 nitrogen and oxygen atoms in total. The number of ether oxygens (including phenoxy) is 1. The molecule has 0 aromatic rings. The van der Waals surface area contributed by atoms with Crippen LogP contribution in [0, 0.1) is 12.3 Å². The molecule has 0 amide bonds. The summed E-state index contributed by atoms with van der Waals surface area (Å²) in [7, 11) is 1.57. The van der Waals surface area contributed by atoms with Crippen LogP contribution in [-0.4, -0.2) is 13.3 Å². The van der Waals surface area contributed by atoms with Gasteiger partial charge in [-0.1, -0.05) is 78.3 Å². The van der Waals surface area contributed by atoms with Crippen molar-refractivity contribution in [2.24, 2.45) is 4.99 Å². The number of aliphatic imine (C=N–C) groups is 1. The van der Waals surface area contributed by atoms with Gasteiger partial charge in [0.1, 0.15) is 5.76 Å². The third-order valence-electron chi connectivity index (χ3n) is 1.21. The van der Waals surface area contributed by atoms with Crippen molar-refractivity contribution in [1.82, 2.24) is 0 Å². The van der Waals surface area contributed by atoms with Gasteiger partial charge in [-0.05, 0) is 6.08 Å². The summed E-state index contributed by atoms with van der Waals surface area (Å²) in [4.78, 5) is 3.82. The van der Waals surface area contributed by atoms with E-state index in [9.17, 15) is 0 Å². The number of allylic oxidation sites excluding steroid dienone is 5. The number of hydrogen-bond donors (Lipinski definition) is 0. The topological polar surface area (TPSA) is 21.6 Å². The largest absolute Gasteiger partial charge is 0.495 e. The standard InChI is InChI=1S/C12H13NO.3C2H6/c1-4-6-7-8-9-12(14-3)11-13-10-5-2;3*1-2/h2,4,6-11H,1H2,3H3;3*1-2H3/b7-6-,9-8+,12-11-,13-10?;;;. The second-order valence-corrected chi connectivity index (χ2v) is 2.16. The maximum absolute atomic E-state index is 5.01. The van der Waals surface area contributed by atoms with Gasteiger partial charge < -0.3 is 4.74 Å². The molecule has 0 aliphatic carbocycles. The van der Waals surface area contributed by atoms with Crippen LogP contribution in [0.1, 0.15) is 41.5 Å². The van der Waals surface area contributed by atoms with Gasteiger partial charge in [0.2, 0.25) is 0 Å². The number of hydrogen-bond acceptors (Lipinski definition) is 2. The molecule has 2 heteroatoms. The maximum atomic E-state index is 5.01. The average Bonchev–Trinajstić information content (AvgIpc) is 2.55. The number of nitrogens with zero attached hydrogens (tertiary/aromatic N) is 1. The number of methoxy groups -OCH3 is 1. The highest BCUT2D eigenvalue weighted by atomic mass is 16.5. The third-order valence-corrected chi connectivity index (χ3v) is 1.21. The van der Waals surface area contributed by atoms with Crippen LogP contribution in [0.4, 0.5) is 0 Å². The Bertz CT molecular complexity index is 315. The summed E-state index contributed by atoms with van der Waals surface area (Å²) < 4.78 is 5.01. The maximum Gasteiger partial charge on any atom is 0.137 e. The quantitative estimate of drug-likeness (QED) is 0.279. The van der Waals surface area contributed by atoms with Gasteiger partial charge in [0.15, 0.2) is 0 Å². The molecule has 0 aliphatic rings. The monoisotopic (exact) mass is 277 g/mol. The second kappa shape index (κ2) is 36.0. The van der Waals surface area contributed by atoms with Crippen LogP contribution in [0.25, 0.3) is 0 Å². The van der Waals surface area contributed by atoms with E-state index < -0.39 is 0 Å². The lowest BCUT2D eigenvalue weighted by Gasteiger charge is -1.95. The van der Waals surface area contributed by atoms with Crippen molar-refractivity contribution in [3.8, 4) is 12.3 Å². The molecular weight excluding hydrogens is 246 g/mol. The van der Waals surface area contributed by atoms with E-state index in [1.165, 1.54) is 12.4 Å². The molecule has 0 heterocycles. The summed E-state index contributed by atoms with van der Waals surface area (Å²) >= 11 is 0. The Balaban J connectivity index is -0.000000187. The zero-order valence-corrected chi connectivity index (χ0v) is 14.2. The molecule has 0 saturated carbocycles. The highest BCUT2D eigenvalue weighted by Crippen LogP contribution is 1.97. The van der Waals surface area contributed by atoms with E-state index >= 15 is 0 Å². The van der Waals surface area contributed by atoms with Crippen LogP contribution in [0.2, 0.25) is 0 Å². The second-order valence-electron chi connectivity index (χ2n) is 2.16. The molecule has 20 heavy (non-hydrogen) atoms. The van der Waals surface area contributed by atoms with Crippen molar-refractivity contribution in [1.29, 1.82) is 0 Å². The van der Waals surface area contributed by atoms with Crippen molar-refractivity contribution in [2.75, 3.05) is 7.11 Å². The first-order chi connectivity index (χ1) is 9.85. The summed E-state index contributed by atoms with van der Waals surface area (Å²) in [6.45, 7) is 15.5. The van der Waals surface area contributed by atoms with Gasteiger partial charge in [-0.2, -0.15) is 0 Å². The third kappa shape index (κ3) is 29.7. The normalized spacial score (nSPS) is 9.60. The van der Waals surface area contributed by atoms with Crippen molar-refractivity contribution < 1.29 is 4.74 Å². The van der Waals surface area contributed by atoms with Crippen LogP contribution in [0.5, 0.6) is 0 Å². The molecule has 0 aromatic carbocycles. The molecule has 0 aromatic heterocycles. The van der Waals surface area contributed by atoms with Crippen LogP contribution >= 0.6 is 0 Å². The summed E-state index contributed by atoms with van der Waals surface area (Å²) in [6, 6.07) is 0. The first kappa shape index (κ1) is 26.5. The van der Waals surface area contributed by atoms with E-state index in [4.69, 9.17) is 11.2 Å². The predicted octanol–water partition coefficient (Wildman–Crippen LogP) is 5.56. The molecule has 0 fully saturated rings. The van der Waals surface area contributed by atoms with E-state index in [-0.39, 0.29) is 0 Å². The van der Waals surface area contributed by atoms with E-state index in [1.807, 2.05) is 59.8 Å². The van der Waals surface area contributed by atoms with Gasteiger partial charge in [-0.3, -0.25) is 4.99 Å². The summed E-state index contributed by atoms with van der Waals surface area (Å²) in [5.41, 5.74) is 0. The Kier molecular flexibility index (Phi) is 47.7. The van der Waals surface area contributed by atoms with Crippen molar-refractivity contribution in [2.45, 2.75) is 41.5 Å². The fraction of sp³-hybridized carbons (Fsp3) is 0.389. The van der Waals surface area contributed by atoms with Crippen molar-refractivity contribution in [3.05, 3.63) is 48.9 Å². The lowest BCUT2D eigenvalue weighted by molar-refractivity contribution is 0.306. The van der Waals surface area contributed by atoms with Crippen LogP contribution < -0.4 is 0 Å². The van der Waals surface area contributed by atoms with Gasteiger partial charge in [0, 0.05) is 0 Å². The smallest absolute Gasteiger partial charge is 0.137 e. The molecule has 114 valence electrons. The number of terminal acetylenes is 1. The van der Waals surface area contributed by atoms with Crippen LogP contribution in [0.15, 0.2) is 53.9 Å². The van der Waals surface area contributed by atoms with Gasteiger partial charge in [0.25, 0.3) is 0 Å². The summed E-state index contributed by atoms with van der Waals surface area (Å²) in [5, 5.41) is 0. The highest BCUT2D eigenvalue weighted by Gasteiger charge is 1.84. The summed E-state index contributed by atoms with van der Waals surface area (Å²) in [6.07, 6.45) is 16.8. The minimum Gasteiger partial charge on any atom is -0.495 e. The molecule has 0 unspecified atom stereocenters. The minimum absolute atomic E-state index is 0.630. The predicted molar refractivity (Wildman–Crippen MR) is 94.9 cm³/mol. The first-order valence-corrected chi connectivity index (χ1v) is 7.03. The molecule has 0 atom stereocenters. The van der Waals surface area contributed by atoms with E-state index in [2.05, 4.69) is 17.5 Å². The molecule has 0 spiro atoms. The Morgan fingerprint density at radius 2 is 1.60 bits per heavy atom. The molecule has 0 bridgehead atoms. The molecule has 0 N–H and O–H groups in total. The molecular formula is C18H31NO. The lowest BCUT2D eigenvalue weighted by atomic mass is 10.4. The lowest BCUT2D eigenvalue weighted by Crippen LogP contribution is -1.79. The fourth-order valence-electron chi connectivity index (χ4n) is 0.611.